The van der Waals surface area contributed by atoms with E-state index in [9.17, 15) is 8.78 Å². The average molecular weight is 230 g/mol. The fraction of sp³-hybridized carbons (Fsp3) is 0.100. The molecule has 0 aliphatic heterocycles. The Bertz CT molecular complexity index is 530. The third-order valence-corrected chi connectivity index (χ3v) is 2.29. The van der Waals surface area contributed by atoms with Crippen molar-refractivity contribution < 1.29 is 13.9 Å². The van der Waals surface area contributed by atoms with Gasteiger partial charge in [-0.1, -0.05) is 11.6 Å². The number of fused-ring (bicyclic) bond motifs is 1. The molecule has 2 nitrogen and oxygen atoms in total. The Morgan fingerprint density at radius 1 is 1.33 bits per heavy atom. The van der Waals surface area contributed by atoms with Gasteiger partial charge in [0.2, 0.25) is 0 Å². The maximum atomic E-state index is 13.3. The lowest BCUT2D eigenvalue weighted by atomic mass is 10.1. The lowest BCUT2D eigenvalue weighted by Crippen LogP contribution is -1.94. The Hall–Kier alpha value is -1.26. The summed E-state index contributed by atoms with van der Waals surface area (Å²) in [6, 6.07) is 3.77. The first kappa shape index (κ1) is 10.3. The van der Waals surface area contributed by atoms with Crippen molar-refractivity contribution in [1.29, 1.82) is 0 Å². The highest BCUT2D eigenvalue weighted by atomic mass is 35.5. The van der Waals surface area contributed by atoms with Crippen molar-refractivity contribution >= 4 is 22.5 Å². The molecule has 1 N–H and O–H groups in total. The number of pyridine rings is 1. The molecule has 78 valence electrons. The van der Waals surface area contributed by atoms with Crippen LogP contribution in [0.15, 0.2) is 18.2 Å². The molecule has 0 spiro atoms. The molecule has 2 aromatic rings. The number of nitrogens with zero attached hydrogens (tertiary/aromatic N) is 1. The fourth-order valence-electron chi connectivity index (χ4n) is 1.40. The fourth-order valence-corrected chi connectivity index (χ4v) is 1.62. The number of aliphatic hydroxyl groups excluding tert-OH is 1. The van der Waals surface area contributed by atoms with Crippen LogP contribution in [0.5, 0.6) is 0 Å². The largest absolute Gasteiger partial charge is 0.392 e. The van der Waals surface area contributed by atoms with E-state index in [1.807, 2.05) is 0 Å². The summed E-state index contributed by atoms with van der Waals surface area (Å²) in [5.41, 5.74) is 0.260. The second kappa shape index (κ2) is 3.72. The summed E-state index contributed by atoms with van der Waals surface area (Å²) in [6.07, 6.45) is 0. The maximum absolute atomic E-state index is 13.3. The molecule has 1 aromatic heterocycles. The summed E-state index contributed by atoms with van der Waals surface area (Å²) in [6.45, 7) is -0.302. The van der Waals surface area contributed by atoms with Crippen LogP contribution in [0.25, 0.3) is 10.9 Å². The third-order valence-electron chi connectivity index (χ3n) is 2.10. The summed E-state index contributed by atoms with van der Waals surface area (Å²) in [5, 5.41) is 9.40. The first-order valence-corrected chi connectivity index (χ1v) is 4.55. The van der Waals surface area contributed by atoms with Gasteiger partial charge in [0.25, 0.3) is 0 Å². The van der Waals surface area contributed by atoms with Crippen molar-refractivity contribution in [2.75, 3.05) is 0 Å². The quantitative estimate of drug-likeness (QED) is 0.763. The van der Waals surface area contributed by atoms with E-state index >= 15 is 0 Å². The van der Waals surface area contributed by atoms with Gasteiger partial charge in [0.05, 0.1) is 6.61 Å². The Labute approximate surface area is 89.1 Å². The van der Waals surface area contributed by atoms with E-state index < -0.39 is 11.6 Å². The van der Waals surface area contributed by atoms with E-state index in [4.69, 9.17) is 16.7 Å². The molecule has 0 aliphatic rings. The van der Waals surface area contributed by atoms with Gasteiger partial charge in [0, 0.05) is 5.39 Å². The highest BCUT2D eigenvalue weighted by Gasteiger charge is 2.12. The van der Waals surface area contributed by atoms with Crippen molar-refractivity contribution in [3.8, 4) is 0 Å². The van der Waals surface area contributed by atoms with Crippen LogP contribution in [-0.4, -0.2) is 10.1 Å². The molecular weight excluding hydrogens is 224 g/mol. The minimum atomic E-state index is -1.05. The van der Waals surface area contributed by atoms with Crippen LogP contribution in [-0.2, 0) is 6.61 Å². The van der Waals surface area contributed by atoms with Gasteiger partial charge in [-0.2, -0.15) is 0 Å². The van der Waals surface area contributed by atoms with Crippen LogP contribution in [0.3, 0.4) is 0 Å². The van der Waals surface area contributed by atoms with Gasteiger partial charge < -0.3 is 5.11 Å². The first-order chi connectivity index (χ1) is 7.13. The predicted octanol–water partition coefficient (Wildman–Crippen LogP) is 2.66. The molecule has 1 heterocycles. The second-order valence-corrected chi connectivity index (χ2v) is 3.41. The van der Waals surface area contributed by atoms with Crippen LogP contribution in [0, 0.1) is 11.6 Å². The molecule has 5 heteroatoms. The van der Waals surface area contributed by atoms with Crippen molar-refractivity contribution in [2.45, 2.75) is 6.61 Å². The van der Waals surface area contributed by atoms with E-state index in [2.05, 4.69) is 4.98 Å². The number of benzene rings is 1. The Morgan fingerprint density at radius 3 is 2.73 bits per heavy atom. The minimum Gasteiger partial charge on any atom is -0.392 e. The van der Waals surface area contributed by atoms with Gasteiger partial charge in [0.15, 0.2) is 11.6 Å². The van der Waals surface area contributed by atoms with Crippen molar-refractivity contribution in [1.82, 2.24) is 4.98 Å². The summed E-state index contributed by atoms with van der Waals surface area (Å²) >= 11 is 5.62. The van der Waals surface area contributed by atoms with Crippen LogP contribution in [0.4, 0.5) is 8.78 Å². The van der Waals surface area contributed by atoms with E-state index in [0.29, 0.717) is 10.9 Å². The maximum Gasteiger partial charge on any atom is 0.185 e. The number of hydrogen-bond donors (Lipinski definition) is 1. The van der Waals surface area contributed by atoms with Gasteiger partial charge in [-0.15, -0.1) is 0 Å². The summed E-state index contributed by atoms with van der Waals surface area (Å²) < 4.78 is 26.2. The van der Waals surface area contributed by atoms with Crippen LogP contribution >= 0.6 is 11.6 Å². The lowest BCUT2D eigenvalue weighted by Gasteiger charge is -2.05. The molecule has 0 amide bonds. The zero-order valence-electron chi connectivity index (χ0n) is 7.47. The number of rotatable bonds is 1. The molecule has 0 saturated heterocycles. The summed E-state index contributed by atoms with van der Waals surface area (Å²) in [5.74, 6) is -2.04. The van der Waals surface area contributed by atoms with Crippen molar-refractivity contribution in [3.63, 3.8) is 0 Å². The average Bonchev–Trinajstić information content (AvgIpc) is 2.23. The molecule has 1 aromatic carbocycles. The molecule has 0 aliphatic carbocycles. The van der Waals surface area contributed by atoms with Crippen LogP contribution in [0.1, 0.15) is 5.56 Å². The highest BCUT2D eigenvalue weighted by molar-refractivity contribution is 6.29. The van der Waals surface area contributed by atoms with E-state index in [0.717, 1.165) is 6.07 Å². The van der Waals surface area contributed by atoms with E-state index in [1.165, 1.54) is 12.1 Å². The standard InChI is InChI=1S/C10H6ClF2NO/c11-8-3-5(4-15)6-1-2-7(12)9(13)10(6)14-8/h1-3,15H,4H2. The molecule has 0 saturated carbocycles. The van der Waals surface area contributed by atoms with Crippen molar-refractivity contribution in [3.05, 3.63) is 40.6 Å². The zero-order valence-corrected chi connectivity index (χ0v) is 8.22. The molecular formula is C10H6ClF2NO. The smallest absolute Gasteiger partial charge is 0.185 e. The predicted molar refractivity (Wildman–Crippen MR) is 52.6 cm³/mol. The number of aliphatic hydroxyl groups is 1. The highest BCUT2D eigenvalue weighted by Crippen LogP contribution is 2.24. The summed E-state index contributed by atoms with van der Waals surface area (Å²) in [7, 11) is 0. The van der Waals surface area contributed by atoms with Crippen LogP contribution in [0.2, 0.25) is 5.15 Å². The van der Waals surface area contributed by atoms with Gasteiger partial charge in [-0.05, 0) is 23.8 Å². The molecule has 15 heavy (non-hydrogen) atoms. The van der Waals surface area contributed by atoms with E-state index in [1.54, 1.807) is 0 Å². The zero-order chi connectivity index (χ0) is 11.0. The molecule has 2 rings (SSSR count). The minimum absolute atomic E-state index is 0.0241. The Kier molecular flexibility index (Phi) is 2.54. The Morgan fingerprint density at radius 2 is 2.07 bits per heavy atom. The lowest BCUT2D eigenvalue weighted by molar-refractivity contribution is 0.283. The SMILES string of the molecule is OCc1cc(Cl)nc2c(F)c(F)ccc12. The number of aromatic nitrogens is 1. The molecule has 0 radical (unpaired) electrons. The van der Waals surface area contributed by atoms with Gasteiger partial charge >= 0.3 is 0 Å². The normalized spacial score (nSPS) is 10.9. The first-order valence-electron chi connectivity index (χ1n) is 4.17. The van der Waals surface area contributed by atoms with Crippen LogP contribution < -0.4 is 0 Å². The van der Waals surface area contributed by atoms with Gasteiger partial charge in [-0.3, -0.25) is 0 Å². The van der Waals surface area contributed by atoms with Gasteiger partial charge in [-0.25, -0.2) is 13.8 Å². The van der Waals surface area contributed by atoms with Crippen molar-refractivity contribution in [2.24, 2.45) is 0 Å². The summed E-state index contributed by atoms with van der Waals surface area (Å²) in [4.78, 5) is 3.68. The van der Waals surface area contributed by atoms with E-state index in [-0.39, 0.29) is 17.3 Å². The second-order valence-electron chi connectivity index (χ2n) is 3.02. The molecule has 0 fully saturated rings. The number of hydrogen-bond acceptors (Lipinski definition) is 2. The third kappa shape index (κ3) is 1.66. The molecule has 0 bridgehead atoms. The Balaban J connectivity index is 2.89. The number of halogens is 3. The van der Waals surface area contributed by atoms with Gasteiger partial charge in [0.1, 0.15) is 10.7 Å². The monoisotopic (exact) mass is 229 g/mol. The molecule has 0 unspecified atom stereocenters. The topological polar surface area (TPSA) is 33.1 Å². The molecule has 0 atom stereocenters.